The van der Waals surface area contributed by atoms with E-state index >= 15 is 0 Å². The van der Waals surface area contributed by atoms with Crippen molar-refractivity contribution in [3.63, 3.8) is 0 Å². The molecule has 0 fully saturated rings. The maximum absolute atomic E-state index is 8.95. The van der Waals surface area contributed by atoms with Gasteiger partial charge in [0.25, 0.3) is 0 Å². The predicted octanol–water partition coefficient (Wildman–Crippen LogP) is 2.69. The van der Waals surface area contributed by atoms with Gasteiger partial charge in [0.1, 0.15) is 24.7 Å². The minimum Gasteiger partial charge on any atom is -0.490 e. The molecule has 0 saturated heterocycles. The molecule has 0 amide bonds. The van der Waals surface area contributed by atoms with Gasteiger partial charge in [-0.25, -0.2) is 0 Å². The van der Waals surface area contributed by atoms with Crippen molar-refractivity contribution in [3.05, 3.63) is 71.8 Å². The van der Waals surface area contributed by atoms with Gasteiger partial charge in [-0.05, 0) is 47.5 Å². The van der Waals surface area contributed by atoms with Gasteiger partial charge in [0.15, 0.2) is 0 Å². The Balaban J connectivity index is 1.66. The van der Waals surface area contributed by atoms with Crippen LogP contribution < -0.4 is 9.47 Å². The van der Waals surface area contributed by atoms with Crippen LogP contribution in [-0.4, -0.2) is 23.4 Å². The highest BCUT2D eigenvalue weighted by Gasteiger charge is 1.94. The lowest BCUT2D eigenvalue weighted by atomic mass is 10.2. The molecule has 2 rings (SSSR count). The number of benzene rings is 2. The molecule has 2 aromatic rings. The zero-order chi connectivity index (χ0) is 15.6. The van der Waals surface area contributed by atoms with E-state index in [2.05, 4.69) is 0 Å². The van der Waals surface area contributed by atoms with Gasteiger partial charge in [0.05, 0.1) is 13.2 Å². The summed E-state index contributed by atoms with van der Waals surface area (Å²) < 4.78 is 11.1. The maximum atomic E-state index is 8.95. The Morgan fingerprint density at radius 3 is 1.32 bits per heavy atom. The number of aliphatic hydroxyl groups excluding tert-OH is 2. The molecule has 0 unspecified atom stereocenters. The Kier molecular flexibility index (Phi) is 6.48. The number of rotatable bonds is 8. The minimum atomic E-state index is 0.0385. The largest absolute Gasteiger partial charge is 0.490 e. The van der Waals surface area contributed by atoms with Crippen molar-refractivity contribution in [1.29, 1.82) is 0 Å². The fraction of sp³-hybridized carbons (Fsp3) is 0.222. The maximum Gasteiger partial charge on any atom is 0.119 e. The van der Waals surface area contributed by atoms with E-state index in [1.165, 1.54) is 0 Å². The van der Waals surface area contributed by atoms with Crippen LogP contribution >= 0.6 is 0 Å². The van der Waals surface area contributed by atoms with E-state index in [0.717, 1.165) is 22.6 Å². The molecule has 22 heavy (non-hydrogen) atoms. The van der Waals surface area contributed by atoms with Crippen LogP contribution in [0.4, 0.5) is 0 Å². The van der Waals surface area contributed by atoms with Gasteiger partial charge in [-0.1, -0.05) is 24.3 Å². The lowest BCUT2D eigenvalue weighted by Gasteiger charge is -2.05. The molecule has 0 aromatic heterocycles. The Morgan fingerprint density at radius 1 is 0.636 bits per heavy atom. The number of ether oxygens (including phenoxy) is 2. The van der Waals surface area contributed by atoms with E-state index in [0.29, 0.717) is 13.2 Å². The Bertz CT molecular complexity index is 520. The van der Waals surface area contributed by atoms with Crippen molar-refractivity contribution < 1.29 is 19.7 Å². The lowest BCUT2D eigenvalue weighted by molar-refractivity contribution is 0.281. The molecule has 0 heterocycles. The molecule has 0 aliphatic rings. The molecule has 2 aromatic carbocycles. The molecule has 0 radical (unpaired) electrons. The molecule has 116 valence electrons. The molecule has 4 heteroatoms. The Hall–Kier alpha value is -2.30. The first-order valence-electron chi connectivity index (χ1n) is 7.12. The van der Waals surface area contributed by atoms with Crippen LogP contribution in [0.15, 0.2) is 60.7 Å². The quantitative estimate of drug-likeness (QED) is 0.736. The van der Waals surface area contributed by atoms with Crippen molar-refractivity contribution >= 4 is 0 Å². The standard InChI is InChI=1S/C18H20O4/c19-13-15-3-7-17(8-4-15)21-11-1-2-12-22-18-9-5-16(14-20)6-10-18/h1-10,19-20H,11-14H2/b2-1-. The predicted molar refractivity (Wildman–Crippen MR) is 84.9 cm³/mol. The summed E-state index contributed by atoms with van der Waals surface area (Å²) in [5, 5.41) is 17.9. The molecule has 0 aliphatic heterocycles. The van der Waals surface area contributed by atoms with E-state index in [9.17, 15) is 0 Å². The number of hydrogen-bond acceptors (Lipinski definition) is 4. The fourth-order valence-electron chi connectivity index (χ4n) is 1.81. The molecular weight excluding hydrogens is 280 g/mol. The van der Waals surface area contributed by atoms with Crippen molar-refractivity contribution in [2.24, 2.45) is 0 Å². The summed E-state index contributed by atoms with van der Waals surface area (Å²) in [7, 11) is 0. The zero-order valence-electron chi connectivity index (χ0n) is 12.3. The summed E-state index contributed by atoms with van der Waals surface area (Å²) in [6.07, 6.45) is 3.78. The van der Waals surface area contributed by atoms with Crippen LogP contribution in [0.1, 0.15) is 11.1 Å². The van der Waals surface area contributed by atoms with Gasteiger partial charge in [-0.15, -0.1) is 0 Å². The molecule has 0 atom stereocenters. The van der Waals surface area contributed by atoms with Gasteiger partial charge < -0.3 is 19.7 Å². The second kappa shape index (κ2) is 8.87. The summed E-state index contributed by atoms with van der Waals surface area (Å²) in [5.41, 5.74) is 1.73. The highest BCUT2D eigenvalue weighted by molar-refractivity contribution is 5.27. The molecule has 0 aliphatic carbocycles. The molecule has 2 N–H and O–H groups in total. The van der Waals surface area contributed by atoms with E-state index in [1.54, 1.807) is 0 Å². The van der Waals surface area contributed by atoms with Crippen LogP contribution in [0.3, 0.4) is 0 Å². The zero-order valence-corrected chi connectivity index (χ0v) is 12.3. The van der Waals surface area contributed by atoms with E-state index in [-0.39, 0.29) is 13.2 Å². The first kappa shape index (κ1) is 16.1. The third kappa shape index (κ3) is 5.24. The van der Waals surface area contributed by atoms with E-state index in [1.807, 2.05) is 60.7 Å². The first-order valence-corrected chi connectivity index (χ1v) is 7.12. The topological polar surface area (TPSA) is 58.9 Å². The lowest BCUT2D eigenvalue weighted by Crippen LogP contribution is -1.97. The SMILES string of the molecule is OCc1ccc(OC/C=C\COc2ccc(CO)cc2)cc1. The average molecular weight is 300 g/mol. The molecule has 4 nitrogen and oxygen atoms in total. The smallest absolute Gasteiger partial charge is 0.119 e. The minimum absolute atomic E-state index is 0.0385. The van der Waals surface area contributed by atoms with Gasteiger partial charge in [0, 0.05) is 0 Å². The number of aliphatic hydroxyl groups is 2. The van der Waals surface area contributed by atoms with Crippen LogP contribution in [-0.2, 0) is 13.2 Å². The van der Waals surface area contributed by atoms with Crippen molar-refractivity contribution in [3.8, 4) is 11.5 Å². The van der Waals surface area contributed by atoms with Gasteiger partial charge in [-0.2, -0.15) is 0 Å². The third-order valence-electron chi connectivity index (χ3n) is 3.07. The van der Waals surface area contributed by atoms with Gasteiger partial charge >= 0.3 is 0 Å². The van der Waals surface area contributed by atoms with Gasteiger partial charge in [-0.3, -0.25) is 0 Å². The van der Waals surface area contributed by atoms with Crippen molar-refractivity contribution in [1.82, 2.24) is 0 Å². The second-order valence-corrected chi connectivity index (χ2v) is 4.70. The third-order valence-corrected chi connectivity index (χ3v) is 3.07. The summed E-state index contributed by atoms with van der Waals surface area (Å²) >= 11 is 0. The highest BCUT2D eigenvalue weighted by atomic mass is 16.5. The fourth-order valence-corrected chi connectivity index (χ4v) is 1.81. The first-order chi connectivity index (χ1) is 10.8. The van der Waals surface area contributed by atoms with Crippen LogP contribution in [0.2, 0.25) is 0 Å². The van der Waals surface area contributed by atoms with E-state index in [4.69, 9.17) is 19.7 Å². The molecule has 0 spiro atoms. The second-order valence-electron chi connectivity index (χ2n) is 4.70. The van der Waals surface area contributed by atoms with Gasteiger partial charge in [0.2, 0.25) is 0 Å². The average Bonchev–Trinajstić information content (AvgIpc) is 2.59. The summed E-state index contributed by atoms with van der Waals surface area (Å²) in [6, 6.07) is 14.7. The van der Waals surface area contributed by atoms with E-state index < -0.39 is 0 Å². The molecular formula is C18H20O4. The normalized spacial score (nSPS) is 10.8. The van der Waals surface area contributed by atoms with Crippen molar-refractivity contribution in [2.45, 2.75) is 13.2 Å². The van der Waals surface area contributed by atoms with Crippen LogP contribution in [0.25, 0.3) is 0 Å². The summed E-state index contributed by atoms with van der Waals surface area (Å²) in [5.74, 6) is 1.53. The Morgan fingerprint density at radius 2 is 1.00 bits per heavy atom. The molecule has 0 saturated carbocycles. The molecule has 0 bridgehead atoms. The highest BCUT2D eigenvalue weighted by Crippen LogP contribution is 2.13. The number of hydrogen-bond donors (Lipinski definition) is 2. The summed E-state index contributed by atoms with van der Waals surface area (Å²) in [6.45, 7) is 1.00. The van der Waals surface area contributed by atoms with Crippen LogP contribution in [0.5, 0.6) is 11.5 Å². The van der Waals surface area contributed by atoms with Crippen molar-refractivity contribution in [2.75, 3.05) is 13.2 Å². The summed E-state index contributed by atoms with van der Waals surface area (Å²) in [4.78, 5) is 0. The monoisotopic (exact) mass is 300 g/mol. The Labute approximate surface area is 130 Å². The van der Waals surface area contributed by atoms with Crippen LogP contribution in [0, 0.1) is 0 Å².